The molecule has 1 unspecified atom stereocenters. The zero-order chi connectivity index (χ0) is 9.56. The normalized spacial score (nSPS) is 13.1. The first-order valence-electron chi connectivity index (χ1n) is 3.87. The molecule has 0 radical (unpaired) electrons. The molecule has 0 aromatic carbocycles. The van der Waals surface area contributed by atoms with Crippen molar-refractivity contribution in [2.45, 2.75) is 13.0 Å². The molecule has 1 amide bonds. The van der Waals surface area contributed by atoms with Crippen molar-refractivity contribution < 1.29 is 9.53 Å². The first-order chi connectivity index (χ1) is 5.67. The average molecular weight is 175 g/mol. The zero-order valence-corrected chi connectivity index (χ0v) is 7.83. The Morgan fingerprint density at radius 1 is 1.75 bits per heavy atom. The van der Waals surface area contributed by atoms with Crippen LogP contribution < -0.4 is 11.3 Å². The SMILES string of the molecule is CCN(C)C(COC)C(=O)NN. The van der Waals surface area contributed by atoms with Crippen molar-refractivity contribution >= 4 is 5.91 Å². The lowest BCUT2D eigenvalue weighted by molar-refractivity contribution is -0.127. The number of likely N-dealkylation sites (N-methyl/N-ethyl adjacent to an activating group) is 1. The second-order valence-corrected chi connectivity index (χ2v) is 2.55. The topological polar surface area (TPSA) is 67.6 Å². The highest BCUT2D eigenvalue weighted by molar-refractivity contribution is 5.81. The molecule has 0 aliphatic carbocycles. The second kappa shape index (κ2) is 5.93. The van der Waals surface area contributed by atoms with Gasteiger partial charge in [-0.1, -0.05) is 6.92 Å². The molecule has 0 fully saturated rings. The van der Waals surface area contributed by atoms with Gasteiger partial charge in [0, 0.05) is 7.11 Å². The highest BCUT2D eigenvalue weighted by atomic mass is 16.5. The van der Waals surface area contributed by atoms with Crippen LogP contribution in [0.5, 0.6) is 0 Å². The Kier molecular flexibility index (Phi) is 5.61. The smallest absolute Gasteiger partial charge is 0.253 e. The number of carbonyl (C=O) groups excluding carboxylic acids is 1. The van der Waals surface area contributed by atoms with Gasteiger partial charge in [0.05, 0.1) is 6.61 Å². The lowest BCUT2D eigenvalue weighted by Gasteiger charge is -2.24. The van der Waals surface area contributed by atoms with Crippen LogP contribution in [0.1, 0.15) is 6.92 Å². The molecule has 1 atom stereocenters. The van der Waals surface area contributed by atoms with Crippen LogP contribution in [-0.2, 0) is 9.53 Å². The second-order valence-electron chi connectivity index (χ2n) is 2.55. The molecule has 5 heteroatoms. The first-order valence-corrected chi connectivity index (χ1v) is 3.87. The van der Waals surface area contributed by atoms with Gasteiger partial charge < -0.3 is 4.74 Å². The molecule has 5 nitrogen and oxygen atoms in total. The van der Waals surface area contributed by atoms with Crippen LogP contribution in [0.2, 0.25) is 0 Å². The van der Waals surface area contributed by atoms with Gasteiger partial charge in [0.15, 0.2) is 0 Å². The molecular formula is C7H17N3O2. The van der Waals surface area contributed by atoms with Crippen molar-refractivity contribution in [1.29, 1.82) is 0 Å². The maximum absolute atomic E-state index is 11.1. The van der Waals surface area contributed by atoms with E-state index in [0.717, 1.165) is 6.54 Å². The van der Waals surface area contributed by atoms with E-state index in [0.29, 0.717) is 6.61 Å². The van der Waals surface area contributed by atoms with E-state index in [1.165, 1.54) is 0 Å². The molecule has 12 heavy (non-hydrogen) atoms. The number of hydrazine groups is 1. The summed E-state index contributed by atoms with van der Waals surface area (Å²) >= 11 is 0. The van der Waals surface area contributed by atoms with Crippen LogP contribution in [0.4, 0.5) is 0 Å². The van der Waals surface area contributed by atoms with Gasteiger partial charge in [-0.15, -0.1) is 0 Å². The average Bonchev–Trinajstić information content (AvgIpc) is 2.11. The van der Waals surface area contributed by atoms with Gasteiger partial charge >= 0.3 is 0 Å². The molecule has 0 saturated carbocycles. The van der Waals surface area contributed by atoms with E-state index in [9.17, 15) is 4.79 Å². The van der Waals surface area contributed by atoms with Crippen molar-refractivity contribution in [1.82, 2.24) is 10.3 Å². The Hall–Kier alpha value is -0.650. The van der Waals surface area contributed by atoms with E-state index in [4.69, 9.17) is 10.6 Å². The Morgan fingerprint density at radius 2 is 2.33 bits per heavy atom. The first kappa shape index (κ1) is 11.4. The number of amides is 1. The summed E-state index contributed by atoms with van der Waals surface area (Å²) in [7, 11) is 3.40. The minimum Gasteiger partial charge on any atom is -0.383 e. The third-order valence-electron chi connectivity index (χ3n) is 1.80. The number of nitrogens with two attached hydrogens (primary N) is 1. The molecule has 0 aliphatic heterocycles. The van der Waals surface area contributed by atoms with E-state index >= 15 is 0 Å². The van der Waals surface area contributed by atoms with Gasteiger partial charge in [0.1, 0.15) is 6.04 Å². The fourth-order valence-corrected chi connectivity index (χ4v) is 0.878. The van der Waals surface area contributed by atoms with Gasteiger partial charge in [-0.25, -0.2) is 5.84 Å². The summed E-state index contributed by atoms with van der Waals surface area (Å²) in [5.41, 5.74) is 2.10. The number of rotatable bonds is 5. The van der Waals surface area contributed by atoms with Crippen LogP contribution in [0.25, 0.3) is 0 Å². The molecule has 0 aromatic heterocycles. The quantitative estimate of drug-likeness (QED) is 0.317. The lowest BCUT2D eigenvalue weighted by atomic mass is 10.2. The summed E-state index contributed by atoms with van der Waals surface area (Å²) in [6.45, 7) is 3.10. The molecule has 0 bridgehead atoms. The molecule has 0 aromatic rings. The molecule has 0 aliphatic rings. The predicted molar refractivity (Wildman–Crippen MR) is 46.3 cm³/mol. The van der Waals surface area contributed by atoms with Crippen LogP contribution in [0.15, 0.2) is 0 Å². The molecule has 0 saturated heterocycles. The minimum absolute atomic E-state index is 0.221. The van der Waals surface area contributed by atoms with Crippen molar-refractivity contribution in [3.05, 3.63) is 0 Å². The van der Waals surface area contributed by atoms with Gasteiger partial charge in [0.25, 0.3) is 5.91 Å². The van der Waals surface area contributed by atoms with Crippen LogP contribution in [0.3, 0.4) is 0 Å². The third-order valence-corrected chi connectivity index (χ3v) is 1.80. The van der Waals surface area contributed by atoms with Crippen LogP contribution in [-0.4, -0.2) is 44.2 Å². The molecule has 0 rings (SSSR count). The van der Waals surface area contributed by atoms with Crippen LogP contribution >= 0.6 is 0 Å². The van der Waals surface area contributed by atoms with Crippen molar-refractivity contribution in [3.8, 4) is 0 Å². The number of nitrogens with one attached hydrogen (secondary N) is 1. The van der Waals surface area contributed by atoms with E-state index in [2.05, 4.69) is 5.43 Å². The largest absolute Gasteiger partial charge is 0.383 e. The highest BCUT2D eigenvalue weighted by Crippen LogP contribution is 1.95. The summed E-state index contributed by atoms with van der Waals surface area (Å²) in [6, 6.07) is -0.301. The van der Waals surface area contributed by atoms with E-state index in [-0.39, 0.29) is 11.9 Å². The molecular weight excluding hydrogens is 158 g/mol. The molecule has 72 valence electrons. The van der Waals surface area contributed by atoms with Gasteiger partial charge in [0.2, 0.25) is 0 Å². The Bertz CT molecular complexity index is 141. The van der Waals surface area contributed by atoms with E-state index in [1.54, 1.807) is 7.11 Å². The summed E-state index contributed by atoms with van der Waals surface area (Å²) in [6.07, 6.45) is 0. The zero-order valence-electron chi connectivity index (χ0n) is 7.83. The number of ether oxygens (including phenoxy) is 1. The fraction of sp³-hybridized carbons (Fsp3) is 0.857. The fourth-order valence-electron chi connectivity index (χ4n) is 0.878. The summed E-state index contributed by atoms with van der Waals surface area (Å²) < 4.78 is 4.89. The molecule has 3 N–H and O–H groups in total. The lowest BCUT2D eigenvalue weighted by Crippen LogP contribution is -2.49. The maximum Gasteiger partial charge on any atom is 0.253 e. The summed E-state index contributed by atoms with van der Waals surface area (Å²) in [4.78, 5) is 13.0. The Balaban J connectivity index is 4.11. The molecule has 0 spiro atoms. The Labute approximate surface area is 72.8 Å². The van der Waals surface area contributed by atoms with E-state index < -0.39 is 0 Å². The highest BCUT2D eigenvalue weighted by Gasteiger charge is 2.20. The number of methoxy groups -OCH3 is 1. The van der Waals surface area contributed by atoms with Gasteiger partial charge in [-0.3, -0.25) is 15.1 Å². The van der Waals surface area contributed by atoms with Gasteiger partial charge in [-0.05, 0) is 13.6 Å². The van der Waals surface area contributed by atoms with Crippen molar-refractivity contribution in [2.75, 3.05) is 27.3 Å². The van der Waals surface area contributed by atoms with E-state index in [1.807, 2.05) is 18.9 Å². The number of carbonyl (C=O) groups is 1. The van der Waals surface area contributed by atoms with Gasteiger partial charge in [-0.2, -0.15) is 0 Å². The van der Waals surface area contributed by atoms with Crippen molar-refractivity contribution in [3.63, 3.8) is 0 Å². The maximum atomic E-state index is 11.1. The summed E-state index contributed by atoms with van der Waals surface area (Å²) in [5, 5.41) is 0. The minimum atomic E-state index is -0.301. The number of nitrogens with zero attached hydrogens (tertiary/aromatic N) is 1. The Morgan fingerprint density at radius 3 is 2.67 bits per heavy atom. The summed E-state index contributed by atoms with van der Waals surface area (Å²) in [5.74, 6) is 4.79. The standard InChI is InChI=1S/C7H17N3O2/c1-4-10(2)6(5-12-3)7(11)9-8/h6H,4-5,8H2,1-3H3,(H,9,11). The van der Waals surface area contributed by atoms with Crippen molar-refractivity contribution in [2.24, 2.45) is 5.84 Å². The van der Waals surface area contributed by atoms with Crippen LogP contribution in [0, 0.1) is 0 Å². The number of hydrogen-bond acceptors (Lipinski definition) is 4. The molecule has 0 heterocycles. The third kappa shape index (κ3) is 3.17. The monoisotopic (exact) mass is 175 g/mol. The predicted octanol–water partition coefficient (Wildman–Crippen LogP) is -1.06. The number of hydrogen-bond donors (Lipinski definition) is 2.